The predicted octanol–water partition coefficient (Wildman–Crippen LogP) is 1.32. The van der Waals surface area contributed by atoms with Gasteiger partial charge in [0.2, 0.25) is 0 Å². The van der Waals surface area contributed by atoms with Gasteiger partial charge in [-0.25, -0.2) is 0 Å². The van der Waals surface area contributed by atoms with E-state index in [2.05, 4.69) is 46.3 Å². The lowest BCUT2D eigenvalue weighted by Crippen LogP contribution is -2.33. The van der Waals surface area contributed by atoms with Crippen LogP contribution in [0.5, 0.6) is 0 Å². The maximum atomic E-state index is 8.74. The molecule has 21 heavy (non-hydrogen) atoms. The zero-order chi connectivity index (χ0) is 15.5. The van der Waals surface area contributed by atoms with Crippen molar-refractivity contribution >= 4 is 32.8 Å². The molecule has 1 aliphatic rings. The van der Waals surface area contributed by atoms with E-state index in [1.165, 1.54) is 10.8 Å². The van der Waals surface area contributed by atoms with Crippen LogP contribution >= 0.6 is 0 Å². The van der Waals surface area contributed by atoms with Crippen LogP contribution in [0.3, 0.4) is 0 Å². The zero-order valence-electron chi connectivity index (χ0n) is 11.0. The van der Waals surface area contributed by atoms with Crippen LogP contribution in [0, 0.1) is 0 Å². The zero-order valence-corrected chi connectivity index (χ0v) is 11.9. The second-order valence-corrected chi connectivity index (χ2v) is 5.23. The molecule has 4 N–H and O–H groups in total. The summed E-state index contributed by atoms with van der Waals surface area (Å²) in [6.07, 6.45) is 0. The highest BCUT2D eigenvalue weighted by Crippen LogP contribution is 2.27. The molecule has 0 bridgehead atoms. The van der Waals surface area contributed by atoms with Crippen molar-refractivity contribution in [1.29, 1.82) is 0 Å². The van der Waals surface area contributed by atoms with Crippen molar-refractivity contribution in [3.63, 3.8) is 0 Å². The summed E-state index contributed by atoms with van der Waals surface area (Å²) in [6.45, 7) is 1.66. The highest BCUT2D eigenvalue weighted by Gasteiger charge is 2.17. The molecule has 0 atom stereocenters. The summed E-state index contributed by atoms with van der Waals surface area (Å²) in [6, 6.07) is 14.6. The van der Waals surface area contributed by atoms with Crippen LogP contribution in [0.4, 0.5) is 5.69 Å². The van der Waals surface area contributed by atoms with Crippen molar-refractivity contribution in [2.75, 3.05) is 18.0 Å². The third-order valence-corrected chi connectivity index (χ3v) is 2.93. The second-order valence-electron chi connectivity index (χ2n) is 4.34. The van der Waals surface area contributed by atoms with Gasteiger partial charge in [0.1, 0.15) is 0 Å². The third kappa shape index (κ3) is 4.15. The lowest BCUT2D eigenvalue weighted by molar-refractivity contribution is 0.381. The molecule has 0 saturated heterocycles. The summed E-state index contributed by atoms with van der Waals surface area (Å²) < 4.78 is 31.6. The number of hydrogen-bond acceptors (Lipinski definition) is 5. The van der Waals surface area contributed by atoms with Crippen molar-refractivity contribution < 1.29 is 17.5 Å². The molecule has 0 unspecified atom stereocenters. The van der Waals surface area contributed by atoms with E-state index in [1.807, 2.05) is 6.07 Å². The third-order valence-electron chi connectivity index (χ3n) is 2.93. The number of rotatable bonds is 1. The first kappa shape index (κ1) is 15.2. The van der Waals surface area contributed by atoms with E-state index >= 15 is 0 Å². The molecule has 2 aromatic carbocycles. The minimum absolute atomic E-state index is 0.622. The Hall–Kier alpha value is -2.16. The molecular formula is C13H15N3O4S. The second kappa shape index (κ2) is 6.08. The summed E-state index contributed by atoms with van der Waals surface area (Å²) in [5, 5.41) is 2.46. The van der Waals surface area contributed by atoms with Gasteiger partial charge in [0.25, 0.3) is 0 Å². The fourth-order valence-electron chi connectivity index (χ4n) is 2.15. The van der Waals surface area contributed by atoms with E-state index in [4.69, 9.17) is 23.3 Å². The molecule has 2 aromatic rings. The van der Waals surface area contributed by atoms with Crippen LogP contribution in [0.2, 0.25) is 0 Å². The smallest absolute Gasteiger partial charge is 0.370 e. The first-order valence-electron chi connectivity index (χ1n) is 6.11. The number of nitrogens with two attached hydrogens (primary N) is 1. The van der Waals surface area contributed by atoms with E-state index in [9.17, 15) is 0 Å². The SMILES string of the molecule is NC1=NCCN1c1cccc2ccccc12.O=S(=O)(O)O. The van der Waals surface area contributed by atoms with Gasteiger partial charge in [0, 0.05) is 11.9 Å². The molecule has 0 aromatic heterocycles. The summed E-state index contributed by atoms with van der Waals surface area (Å²) in [7, 11) is -4.67. The maximum Gasteiger partial charge on any atom is 0.394 e. The quantitative estimate of drug-likeness (QED) is 0.684. The van der Waals surface area contributed by atoms with E-state index in [-0.39, 0.29) is 0 Å². The molecule has 0 spiro atoms. The number of aliphatic imine (C=N–C) groups is 1. The van der Waals surface area contributed by atoms with Crippen LogP contribution in [-0.4, -0.2) is 36.6 Å². The molecule has 0 aliphatic carbocycles. The largest absolute Gasteiger partial charge is 0.394 e. The summed E-state index contributed by atoms with van der Waals surface area (Å²) in [5.74, 6) is 0.622. The number of fused-ring (bicyclic) bond motifs is 1. The minimum Gasteiger partial charge on any atom is -0.370 e. The van der Waals surface area contributed by atoms with Gasteiger partial charge in [-0.15, -0.1) is 0 Å². The van der Waals surface area contributed by atoms with Crippen LogP contribution in [0.15, 0.2) is 47.5 Å². The average molecular weight is 309 g/mol. The molecule has 8 heteroatoms. The molecule has 112 valence electrons. The Labute approximate surface area is 122 Å². The van der Waals surface area contributed by atoms with Gasteiger partial charge in [-0.2, -0.15) is 8.42 Å². The first-order chi connectivity index (χ1) is 9.86. The van der Waals surface area contributed by atoms with Crippen molar-refractivity contribution in [3.05, 3.63) is 42.5 Å². The van der Waals surface area contributed by atoms with E-state index < -0.39 is 10.4 Å². The Bertz CT molecular complexity index is 761. The Morgan fingerprint density at radius 1 is 1.10 bits per heavy atom. The van der Waals surface area contributed by atoms with E-state index in [1.54, 1.807) is 0 Å². The predicted molar refractivity (Wildman–Crippen MR) is 82.0 cm³/mol. The normalized spacial score (nSPS) is 14.6. The maximum absolute atomic E-state index is 8.74. The number of nitrogens with zero attached hydrogens (tertiary/aromatic N) is 2. The first-order valence-corrected chi connectivity index (χ1v) is 7.51. The fourth-order valence-corrected chi connectivity index (χ4v) is 2.15. The summed E-state index contributed by atoms with van der Waals surface area (Å²) >= 11 is 0. The van der Waals surface area contributed by atoms with Crippen molar-refractivity contribution in [1.82, 2.24) is 0 Å². The van der Waals surface area contributed by atoms with Crippen LogP contribution in [0.25, 0.3) is 10.8 Å². The Morgan fingerprint density at radius 3 is 2.33 bits per heavy atom. The van der Waals surface area contributed by atoms with Gasteiger partial charge in [-0.05, 0) is 11.5 Å². The average Bonchev–Trinajstić information content (AvgIpc) is 2.82. The van der Waals surface area contributed by atoms with Gasteiger partial charge >= 0.3 is 10.4 Å². The van der Waals surface area contributed by atoms with Gasteiger partial charge in [-0.1, -0.05) is 36.4 Å². The molecule has 0 amide bonds. The molecule has 0 saturated carbocycles. The highest BCUT2D eigenvalue weighted by atomic mass is 32.3. The van der Waals surface area contributed by atoms with Crippen LogP contribution < -0.4 is 10.6 Å². The Kier molecular flexibility index (Phi) is 4.41. The van der Waals surface area contributed by atoms with Gasteiger partial charge < -0.3 is 10.6 Å². The van der Waals surface area contributed by atoms with Crippen molar-refractivity contribution in [2.24, 2.45) is 10.7 Å². The number of hydrogen-bond donors (Lipinski definition) is 3. The summed E-state index contributed by atoms with van der Waals surface area (Å²) in [5.41, 5.74) is 7.03. The number of guanidine groups is 1. The lowest BCUT2D eigenvalue weighted by atomic mass is 10.1. The molecule has 0 radical (unpaired) electrons. The molecule has 0 fully saturated rings. The topological polar surface area (TPSA) is 116 Å². The van der Waals surface area contributed by atoms with Crippen LogP contribution in [0.1, 0.15) is 0 Å². The van der Waals surface area contributed by atoms with E-state index in [0.717, 1.165) is 18.8 Å². The molecular weight excluding hydrogens is 294 g/mol. The van der Waals surface area contributed by atoms with Crippen LogP contribution in [-0.2, 0) is 10.4 Å². The Balaban J connectivity index is 0.000000282. The molecule has 3 rings (SSSR count). The van der Waals surface area contributed by atoms with E-state index in [0.29, 0.717) is 5.96 Å². The Morgan fingerprint density at radius 2 is 1.71 bits per heavy atom. The molecule has 1 aliphatic heterocycles. The lowest BCUT2D eigenvalue weighted by Gasteiger charge is -2.19. The fraction of sp³-hybridized carbons (Fsp3) is 0.154. The van der Waals surface area contributed by atoms with Gasteiger partial charge in [-0.3, -0.25) is 14.1 Å². The summed E-state index contributed by atoms with van der Waals surface area (Å²) in [4.78, 5) is 6.29. The number of anilines is 1. The monoisotopic (exact) mass is 309 g/mol. The molecule has 7 nitrogen and oxygen atoms in total. The van der Waals surface area contributed by atoms with Crippen molar-refractivity contribution in [2.45, 2.75) is 0 Å². The highest BCUT2D eigenvalue weighted by molar-refractivity contribution is 7.79. The van der Waals surface area contributed by atoms with Crippen molar-refractivity contribution in [3.8, 4) is 0 Å². The molecule has 1 heterocycles. The number of benzene rings is 2. The minimum atomic E-state index is -4.67. The van der Waals surface area contributed by atoms with Gasteiger partial charge in [0.15, 0.2) is 5.96 Å². The van der Waals surface area contributed by atoms with Gasteiger partial charge in [0.05, 0.1) is 12.2 Å². The standard InChI is InChI=1S/C13H13N3.H2O4S/c14-13-15-8-9-16(13)12-7-3-5-10-4-1-2-6-11(10)12;1-5(2,3)4/h1-7H,8-9H2,(H2,14,15);(H2,1,2,3,4).